The highest BCUT2D eigenvalue weighted by molar-refractivity contribution is 6.52. The van der Waals surface area contributed by atoms with Gasteiger partial charge in [0, 0.05) is 22.3 Å². The Morgan fingerprint density at radius 1 is 0.476 bits per heavy atom. The zero-order chi connectivity index (χ0) is 30.5. The van der Waals surface area contributed by atoms with Crippen molar-refractivity contribution in [2.75, 3.05) is 6.61 Å². The molecular weight excluding hydrogens is 540 g/mol. The monoisotopic (exact) mass is 566 g/mol. The second kappa shape index (κ2) is 11.9. The molecule has 0 saturated carbocycles. The average Bonchev–Trinajstić information content (AvgIpc) is 3.06. The highest BCUT2D eigenvalue weighted by atomic mass is 16.4. The highest BCUT2D eigenvalue weighted by Gasteiger charge is 2.75. The molecule has 0 aromatic heterocycles. The zero-order valence-electron chi connectivity index (χ0n) is 22.1. The van der Waals surface area contributed by atoms with E-state index in [1.54, 1.807) is 0 Å². The normalized spacial score (nSPS) is 15.3. The highest BCUT2D eigenvalue weighted by Crippen LogP contribution is 2.42. The van der Waals surface area contributed by atoms with Crippen molar-refractivity contribution < 1.29 is 44.4 Å². The third kappa shape index (κ3) is 4.80. The molecule has 0 aliphatic heterocycles. The molecule has 212 valence electrons. The number of aliphatic hydroxyl groups excluding tert-OH is 1. The van der Waals surface area contributed by atoms with Crippen LogP contribution >= 0.6 is 0 Å². The summed E-state index contributed by atoms with van der Waals surface area (Å²) in [6, 6.07) is 26.3. The Kier molecular flexibility index (Phi) is 8.51. The molecule has 9 nitrogen and oxygen atoms in total. The minimum absolute atomic E-state index is 0.321. The summed E-state index contributed by atoms with van der Waals surface area (Å²) in [7, 11) is 0. The largest absolute Gasteiger partial charge is 0.393 e. The Morgan fingerprint density at radius 2 is 0.810 bits per heavy atom. The predicted octanol–water partition coefficient (Wildman–Crippen LogP) is 2.27. The summed E-state index contributed by atoms with van der Waals surface area (Å²) in [5.74, 6) is -8.37. The van der Waals surface area contributed by atoms with Gasteiger partial charge in [0.1, 0.15) is 0 Å². The molecular formula is C33H26O9. The van der Waals surface area contributed by atoms with Crippen molar-refractivity contribution in [3.63, 3.8) is 0 Å². The molecule has 0 spiro atoms. The smallest absolute Gasteiger partial charge is 0.246 e. The second-order valence-electron chi connectivity index (χ2n) is 9.55. The van der Waals surface area contributed by atoms with Crippen LogP contribution in [0.2, 0.25) is 0 Å². The van der Waals surface area contributed by atoms with Crippen LogP contribution < -0.4 is 0 Å². The first-order valence-electron chi connectivity index (χ1n) is 12.8. The molecule has 0 bridgehead atoms. The standard InChI is InChI=1S/C33H26O9/c34-21-31(40,27(36)23-15-7-2-8-16-23)33(42,29(38)25-19-11-4-12-20-25)32(41,28(37)24-17-9-3-10-18-24)30(39)26(35)22-13-5-1-6-14-22/h1-20,34,40-42H,21H2/t31-,32-,33-/m1/s1. The molecule has 0 fully saturated rings. The lowest BCUT2D eigenvalue weighted by molar-refractivity contribution is -0.192. The molecule has 4 aromatic carbocycles. The number of ketones is 5. The quantitative estimate of drug-likeness (QED) is 0.114. The second-order valence-corrected chi connectivity index (χ2v) is 9.55. The number of hydrogen-bond donors (Lipinski definition) is 4. The van der Waals surface area contributed by atoms with E-state index in [9.17, 15) is 44.4 Å². The van der Waals surface area contributed by atoms with Crippen molar-refractivity contribution in [3.8, 4) is 0 Å². The summed E-state index contributed by atoms with van der Waals surface area (Å²) in [5.41, 5.74) is -13.6. The molecule has 3 atom stereocenters. The molecule has 0 unspecified atom stereocenters. The fraction of sp³-hybridized carbons (Fsp3) is 0.121. The Labute approximate surface area is 240 Å². The fourth-order valence-electron chi connectivity index (χ4n) is 4.74. The van der Waals surface area contributed by atoms with Crippen LogP contribution in [0.1, 0.15) is 41.4 Å². The SMILES string of the molecule is O=C(C(=O)[C@](O)(C(=O)c1ccccc1)[C@@](O)(C(=O)c1ccccc1)[C@@](O)(CO)C(=O)c1ccccc1)c1ccccc1. The van der Waals surface area contributed by atoms with Crippen LogP contribution in [0.25, 0.3) is 0 Å². The summed E-state index contributed by atoms with van der Waals surface area (Å²) < 4.78 is 0. The average molecular weight is 567 g/mol. The van der Waals surface area contributed by atoms with E-state index < -0.39 is 63.5 Å². The Bertz CT molecular complexity index is 1620. The maximum atomic E-state index is 14.2. The summed E-state index contributed by atoms with van der Waals surface area (Å²) >= 11 is 0. The molecule has 0 amide bonds. The fourth-order valence-corrected chi connectivity index (χ4v) is 4.74. The molecule has 0 aliphatic rings. The summed E-state index contributed by atoms with van der Waals surface area (Å²) in [6.45, 7) is -1.74. The van der Waals surface area contributed by atoms with Crippen LogP contribution in [0.5, 0.6) is 0 Å². The number of benzene rings is 4. The van der Waals surface area contributed by atoms with E-state index in [0.717, 1.165) is 24.3 Å². The zero-order valence-corrected chi connectivity index (χ0v) is 22.1. The number of aliphatic hydroxyl groups is 4. The maximum Gasteiger partial charge on any atom is 0.246 e. The minimum Gasteiger partial charge on any atom is -0.393 e. The van der Waals surface area contributed by atoms with E-state index in [4.69, 9.17) is 0 Å². The van der Waals surface area contributed by atoms with Crippen LogP contribution in [-0.2, 0) is 4.79 Å². The van der Waals surface area contributed by atoms with Gasteiger partial charge in [-0.25, -0.2) is 0 Å². The van der Waals surface area contributed by atoms with Crippen LogP contribution in [0, 0.1) is 0 Å². The number of rotatable bonds is 12. The van der Waals surface area contributed by atoms with Crippen LogP contribution in [-0.4, -0.2) is 72.8 Å². The van der Waals surface area contributed by atoms with Crippen molar-refractivity contribution >= 4 is 28.9 Å². The molecule has 4 aromatic rings. The van der Waals surface area contributed by atoms with Crippen LogP contribution in [0.3, 0.4) is 0 Å². The van der Waals surface area contributed by atoms with Gasteiger partial charge in [-0.1, -0.05) is 121 Å². The first-order valence-corrected chi connectivity index (χ1v) is 12.8. The van der Waals surface area contributed by atoms with E-state index in [1.807, 2.05) is 0 Å². The number of hydrogen-bond acceptors (Lipinski definition) is 9. The number of Topliss-reactive ketones (excluding diaryl/α,β-unsaturated/α-hetero) is 5. The van der Waals surface area contributed by atoms with E-state index in [1.165, 1.54) is 97.1 Å². The first-order chi connectivity index (χ1) is 20.0. The minimum atomic E-state index is -4.14. The first kappa shape index (κ1) is 30.0. The lowest BCUT2D eigenvalue weighted by Gasteiger charge is -2.47. The van der Waals surface area contributed by atoms with E-state index in [0.29, 0.717) is 0 Å². The van der Waals surface area contributed by atoms with E-state index in [-0.39, 0.29) is 11.1 Å². The summed E-state index contributed by atoms with van der Waals surface area (Å²) in [4.78, 5) is 69.6. The van der Waals surface area contributed by atoms with Crippen molar-refractivity contribution in [2.24, 2.45) is 0 Å². The van der Waals surface area contributed by atoms with Gasteiger partial charge in [-0.05, 0) is 0 Å². The molecule has 0 radical (unpaired) electrons. The van der Waals surface area contributed by atoms with Crippen molar-refractivity contribution in [1.29, 1.82) is 0 Å². The third-order valence-corrected chi connectivity index (χ3v) is 7.06. The Morgan fingerprint density at radius 3 is 1.19 bits per heavy atom. The van der Waals surface area contributed by atoms with Gasteiger partial charge < -0.3 is 20.4 Å². The summed E-state index contributed by atoms with van der Waals surface area (Å²) in [5, 5.41) is 47.0. The molecule has 9 heteroatoms. The van der Waals surface area contributed by atoms with Gasteiger partial charge in [0.05, 0.1) is 6.61 Å². The van der Waals surface area contributed by atoms with Crippen molar-refractivity contribution in [2.45, 2.75) is 16.8 Å². The molecule has 0 saturated heterocycles. The van der Waals surface area contributed by atoms with Crippen molar-refractivity contribution in [3.05, 3.63) is 144 Å². The molecule has 4 N–H and O–H groups in total. The van der Waals surface area contributed by atoms with Crippen LogP contribution in [0.15, 0.2) is 121 Å². The lowest BCUT2D eigenvalue weighted by Crippen LogP contribution is -2.80. The topological polar surface area (TPSA) is 166 Å². The summed E-state index contributed by atoms with van der Waals surface area (Å²) in [6.07, 6.45) is 0. The third-order valence-electron chi connectivity index (χ3n) is 7.06. The van der Waals surface area contributed by atoms with Gasteiger partial charge in [-0.15, -0.1) is 0 Å². The van der Waals surface area contributed by atoms with Crippen LogP contribution in [0.4, 0.5) is 0 Å². The Hall–Kier alpha value is -4.93. The number of carbonyl (C=O) groups excluding carboxylic acids is 5. The van der Waals surface area contributed by atoms with Crippen molar-refractivity contribution in [1.82, 2.24) is 0 Å². The number of carbonyl (C=O) groups is 5. The van der Waals surface area contributed by atoms with Gasteiger partial charge in [-0.2, -0.15) is 0 Å². The Balaban J connectivity index is 2.09. The predicted molar refractivity (Wildman–Crippen MR) is 150 cm³/mol. The molecule has 4 rings (SSSR count). The van der Waals surface area contributed by atoms with E-state index >= 15 is 0 Å². The van der Waals surface area contributed by atoms with E-state index in [2.05, 4.69) is 0 Å². The van der Waals surface area contributed by atoms with Gasteiger partial charge >= 0.3 is 0 Å². The van der Waals surface area contributed by atoms with Gasteiger partial charge in [0.2, 0.25) is 34.3 Å². The molecule has 0 aliphatic carbocycles. The maximum absolute atomic E-state index is 14.2. The van der Waals surface area contributed by atoms with Gasteiger partial charge in [0.15, 0.2) is 11.4 Å². The molecule has 42 heavy (non-hydrogen) atoms. The van der Waals surface area contributed by atoms with Gasteiger partial charge in [-0.3, -0.25) is 24.0 Å². The van der Waals surface area contributed by atoms with Gasteiger partial charge in [0.25, 0.3) is 0 Å². The molecule has 0 heterocycles. The lowest BCUT2D eigenvalue weighted by atomic mass is 9.60.